The smallest absolute Gasteiger partial charge is 0.265 e. The Morgan fingerprint density at radius 1 is 1.52 bits per heavy atom. The van der Waals surface area contributed by atoms with E-state index in [1.54, 1.807) is 18.4 Å². The predicted molar refractivity (Wildman–Crippen MR) is 81.9 cm³/mol. The second-order valence-electron chi connectivity index (χ2n) is 4.10. The van der Waals surface area contributed by atoms with E-state index in [1.165, 1.54) is 29.5 Å². The van der Waals surface area contributed by atoms with E-state index in [2.05, 4.69) is 21.2 Å². The SMILES string of the molecule is C[C@H](Oc1ccc(F)cc1Br)C(=O)Nc1sccc1C#N. The molecule has 0 bridgehead atoms. The van der Waals surface area contributed by atoms with Crippen LogP contribution in [0.4, 0.5) is 9.39 Å². The van der Waals surface area contributed by atoms with Gasteiger partial charge in [0.15, 0.2) is 6.10 Å². The van der Waals surface area contributed by atoms with Gasteiger partial charge in [0.2, 0.25) is 0 Å². The number of nitrogens with zero attached hydrogens (tertiary/aromatic N) is 1. The summed E-state index contributed by atoms with van der Waals surface area (Å²) in [5.74, 6) is -0.417. The van der Waals surface area contributed by atoms with Crippen LogP contribution in [0.15, 0.2) is 34.1 Å². The molecule has 0 saturated carbocycles. The molecule has 1 N–H and O–H groups in total. The average molecular weight is 369 g/mol. The van der Waals surface area contributed by atoms with Crippen molar-refractivity contribution in [2.45, 2.75) is 13.0 Å². The summed E-state index contributed by atoms with van der Waals surface area (Å²) in [7, 11) is 0. The molecule has 108 valence electrons. The molecule has 0 fully saturated rings. The van der Waals surface area contributed by atoms with Crippen LogP contribution in [-0.4, -0.2) is 12.0 Å². The van der Waals surface area contributed by atoms with Gasteiger partial charge in [-0.2, -0.15) is 5.26 Å². The number of carbonyl (C=O) groups excluding carboxylic acids is 1. The maximum absolute atomic E-state index is 13.0. The third kappa shape index (κ3) is 3.80. The number of thiophene rings is 1. The van der Waals surface area contributed by atoms with E-state index in [1.807, 2.05) is 6.07 Å². The second-order valence-corrected chi connectivity index (χ2v) is 5.87. The number of carbonyl (C=O) groups is 1. The lowest BCUT2D eigenvalue weighted by molar-refractivity contribution is -0.122. The lowest BCUT2D eigenvalue weighted by Gasteiger charge is -2.15. The van der Waals surface area contributed by atoms with E-state index < -0.39 is 11.9 Å². The van der Waals surface area contributed by atoms with Gasteiger partial charge in [-0.3, -0.25) is 4.79 Å². The molecule has 2 rings (SSSR count). The number of ether oxygens (including phenoxy) is 1. The zero-order valence-corrected chi connectivity index (χ0v) is 13.3. The number of nitrogens with one attached hydrogen (secondary N) is 1. The zero-order chi connectivity index (χ0) is 15.4. The van der Waals surface area contributed by atoms with E-state index >= 15 is 0 Å². The summed E-state index contributed by atoms with van der Waals surface area (Å²) in [6, 6.07) is 7.56. The van der Waals surface area contributed by atoms with Gasteiger partial charge >= 0.3 is 0 Å². The molecule has 4 nitrogen and oxygen atoms in total. The molecule has 7 heteroatoms. The number of hydrogen-bond donors (Lipinski definition) is 1. The van der Waals surface area contributed by atoms with Crippen LogP contribution < -0.4 is 10.1 Å². The Morgan fingerprint density at radius 3 is 2.95 bits per heavy atom. The monoisotopic (exact) mass is 368 g/mol. The number of rotatable bonds is 4. The third-order valence-electron chi connectivity index (χ3n) is 2.59. The van der Waals surface area contributed by atoms with Gasteiger partial charge in [0, 0.05) is 0 Å². The van der Waals surface area contributed by atoms with E-state index in [0.717, 1.165) is 0 Å². The first-order valence-electron chi connectivity index (χ1n) is 5.91. The van der Waals surface area contributed by atoms with Crippen molar-refractivity contribution in [3.8, 4) is 11.8 Å². The summed E-state index contributed by atoms with van der Waals surface area (Å²) in [4.78, 5) is 12.0. The van der Waals surface area contributed by atoms with Crippen molar-refractivity contribution in [3.05, 3.63) is 45.5 Å². The standard InChI is InChI=1S/C14H10BrFN2O2S/c1-8(20-12-3-2-10(16)6-11(12)15)13(19)18-14-9(7-17)4-5-21-14/h2-6,8H,1H3,(H,18,19)/t8-/m0/s1. The number of halogens is 2. The van der Waals surface area contributed by atoms with Crippen LogP contribution in [0.5, 0.6) is 5.75 Å². The molecule has 1 aromatic heterocycles. The van der Waals surface area contributed by atoms with E-state index in [9.17, 15) is 9.18 Å². The number of amides is 1. The molecule has 21 heavy (non-hydrogen) atoms. The van der Waals surface area contributed by atoms with Crippen molar-refractivity contribution < 1.29 is 13.9 Å². The number of anilines is 1. The minimum absolute atomic E-state index is 0.366. The molecule has 1 aromatic carbocycles. The van der Waals surface area contributed by atoms with Gasteiger partial charge in [0.25, 0.3) is 5.91 Å². The summed E-state index contributed by atoms with van der Waals surface area (Å²) in [5.41, 5.74) is 0.406. The van der Waals surface area contributed by atoms with Gasteiger partial charge < -0.3 is 10.1 Å². The fourth-order valence-corrected chi connectivity index (χ4v) is 2.71. The fourth-order valence-electron chi connectivity index (χ4n) is 1.52. The summed E-state index contributed by atoms with van der Waals surface area (Å²) in [6.45, 7) is 1.57. The van der Waals surface area contributed by atoms with Crippen molar-refractivity contribution in [2.75, 3.05) is 5.32 Å². The van der Waals surface area contributed by atoms with Crippen LogP contribution >= 0.6 is 27.3 Å². The van der Waals surface area contributed by atoms with Gasteiger partial charge in [0.1, 0.15) is 22.6 Å². The number of hydrogen-bond acceptors (Lipinski definition) is 4. The molecule has 0 unspecified atom stereocenters. The van der Waals surface area contributed by atoms with Crippen molar-refractivity contribution in [3.63, 3.8) is 0 Å². The first-order chi connectivity index (χ1) is 10.0. The van der Waals surface area contributed by atoms with Crippen molar-refractivity contribution in [2.24, 2.45) is 0 Å². The molecule has 0 spiro atoms. The minimum Gasteiger partial charge on any atom is -0.480 e. The highest BCUT2D eigenvalue weighted by Crippen LogP contribution is 2.27. The maximum atomic E-state index is 13.0. The van der Waals surface area contributed by atoms with Crippen molar-refractivity contribution >= 4 is 38.2 Å². The van der Waals surface area contributed by atoms with Crippen LogP contribution in [0, 0.1) is 17.1 Å². The molecule has 0 aliphatic rings. The Balaban J connectivity index is 2.05. The number of benzene rings is 1. The Morgan fingerprint density at radius 2 is 2.29 bits per heavy atom. The number of nitriles is 1. The largest absolute Gasteiger partial charge is 0.480 e. The van der Waals surface area contributed by atoms with Gasteiger partial charge in [-0.15, -0.1) is 11.3 Å². The Labute approximate surface area is 133 Å². The lowest BCUT2D eigenvalue weighted by atomic mass is 10.3. The molecule has 0 radical (unpaired) electrons. The van der Waals surface area contributed by atoms with Crippen LogP contribution in [0.3, 0.4) is 0 Å². The normalized spacial score (nSPS) is 11.5. The van der Waals surface area contributed by atoms with Crippen LogP contribution in [0.1, 0.15) is 12.5 Å². The highest BCUT2D eigenvalue weighted by molar-refractivity contribution is 9.10. The second kappa shape index (κ2) is 6.70. The average Bonchev–Trinajstić information content (AvgIpc) is 2.89. The predicted octanol–water partition coefficient (Wildman–Crippen LogP) is 3.93. The van der Waals surface area contributed by atoms with Crippen LogP contribution in [0.2, 0.25) is 0 Å². The third-order valence-corrected chi connectivity index (χ3v) is 4.04. The van der Waals surface area contributed by atoms with Gasteiger partial charge in [-0.05, 0) is 52.5 Å². The van der Waals surface area contributed by atoms with Gasteiger partial charge in [-0.25, -0.2) is 4.39 Å². The van der Waals surface area contributed by atoms with E-state index in [0.29, 0.717) is 20.8 Å². The van der Waals surface area contributed by atoms with E-state index in [4.69, 9.17) is 10.00 Å². The van der Waals surface area contributed by atoms with Crippen molar-refractivity contribution in [1.29, 1.82) is 5.26 Å². The Bertz CT molecular complexity index is 711. The van der Waals surface area contributed by atoms with Crippen LogP contribution in [0.25, 0.3) is 0 Å². The van der Waals surface area contributed by atoms with E-state index in [-0.39, 0.29) is 5.91 Å². The highest BCUT2D eigenvalue weighted by Gasteiger charge is 2.18. The quantitative estimate of drug-likeness (QED) is 0.889. The first kappa shape index (κ1) is 15.5. The highest BCUT2D eigenvalue weighted by atomic mass is 79.9. The van der Waals surface area contributed by atoms with Crippen molar-refractivity contribution in [1.82, 2.24) is 0 Å². The van der Waals surface area contributed by atoms with Gasteiger partial charge in [0.05, 0.1) is 10.0 Å². The summed E-state index contributed by atoms with van der Waals surface area (Å²) >= 11 is 4.43. The summed E-state index contributed by atoms with van der Waals surface area (Å²) in [5, 5.41) is 13.7. The molecular weight excluding hydrogens is 359 g/mol. The maximum Gasteiger partial charge on any atom is 0.265 e. The molecule has 0 aliphatic heterocycles. The molecule has 1 heterocycles. The molecular formula is C14H10BrFN2O2S. The van der Waals surface area contributed by atoms with Gasteiger partial charge in [-0.1, -0.05) is 0 Å². The molecule has 0 aliphatic carbocycles. The van der Waals surface area contributed by atoms with Crippen LogP contribution in [-0.2, 0) is 4.79 Å². The Kier molecular flexibility index (Phi) is 4.94. The fraction of sp³-hybridized carbons (Fsp3) is 0.143. The summed E-state index contributed by atoms with van der Waals surface area (Å²) < 4.78 is 18.9. The lowest BCUT2D eigenvalue weighted by Crippen LogP contribution is -2.30. The molecule has 2 aromatic rings. The Hall–Kier alpha value is -1.91. The topological polar surface area (TPSA) is 62.1 Å². The minimum atomic E-state index is -0.791. The molecule has 1 atom stereocenters. The summed E-state index contributed by atoms with van der Waals surface area (Å²) in [6.07, 6.45) is -0.791. The molecule has 1 amide bonds. The zero-order valence-electron chi connectivity index (χ0n) is 10.9. The molecule has 0 saturated heterocycles. The first-order valence-corrected chi connectivity index (χ1v) is 7.58.